The van der Waals surface area contributed by atoms with Crippen LogP contribution in [0, 0.1) is 0 Å². The molecular formula is C40H26O. The molecule has 0 fully saturated rings. The largest absolute Gasteiger partial charge is 0.507 e. The van der Waals surface area contributed by atoms with Gasteiger partial charge in [-0.25, -0.2) is 0 Å². The zero-order chi connectivity index (χ0) is 49.1. The Hall–Kier alpha value is -5.40. The molecule has 0 bridgehead atoms. The van der Waals surface area contributed by atoms with Crippen LogP contribution < -0.4 is 0 Å². The van der Waals surface area contributed by atoms with Gasteiger partial charge in [0.15, 0.2) is 0 Å². The summed E-state index contributed by atoms with van der Waals surface area (Å²) in [6.07, 6.45) is 0. The summed E-state index contributed by atoms with van der Waals surface area (Å²) in [5, 5.41) is 5.61. The first kappa shape index (κ1) is 9.33. The van der Waals surface area contributed by atoms with E-state index in [2.05, 4.69) is 0 Å². The molecule has 192 valence electrons. The Morgan fingerprint density at radius 1 is 0.341 bits per heavy atom. The summed E-state index contributed by atoms with van der Waals surface area (Å²) >= 11 is 0. The molecule has 0 atom stereocenters. The second kappa shape index (κ2) is 9.36. The van der Waals surface area contributed by atoms with Gasteiger partial charge in [0.2, 0.25) is 0 Å². The lowest BCUT2D eigenvalue weighted by atomic mass is 9.85. The molecule has 0 radical (unpaired) electrons. The topological polar surface area (TPSA) is 20.2 Å². The molecular weight excluding hydrogens is 496 g/mol. The van der Waals surface area contributed by atoms with E-state index in [0.29, 0.717) is 0 Å². The molecule has 0 heterocycles. The number of benzene rings is 8. The number of phenolic OH excluding ortho intramolecular Hbond substituents is 1. The van der Waals surface area contributed by atoms with Gasteiger partial charge >= 0.3 is 0 Å². The highest BCUT2D eigenvalue weighted by Crippen LogP contribution is 2.45. The van der Waals surface area contributed by atoms with Gasteiger partial charge < -0.3 is 5.11 Å². The highest BCUT2D eigenvalue weighted by Gasteiger charge is 2.17. The molecule has 0 aromatic heterocycles. The maximum atomic E-state index is 11.2. The molecule has 41 heavy (non-hydrogen) atoms. The van der Waals surface area contributed by atoms with Crippen molar-refractivity contribution in [3.05, 3.63) is 151 Å². The fourth-order valence-corrected chi connectivity index (χ4v) is 4.64. The van der Waals surface area contributed by atoms with E-state index < -0.39 is 233 Å². The number of aromatic hydroxyl groups is 1. The summed E-state index contributed by atoms with van der Waals surface area (Å²) in [5.41, 5.74) is -4.84. The minimum atomic E-state index is -1.09. The highest BCUT2D eigenvalue weighted by molar-refractivity contribution is 6.22. The van der Waals surface area contributed by atoms with Crippen LogP contribution in [-0.4, -0.2) is 5.11 Å². The predicted octanol–water partition coefficient (Wildman–Crippen LogP) is 11.0. The van der Waals surface area contributed by atoms with Crippen LogP contribution >= 0.6 is 0 Å². The third-order valence-electron chi connectivity index (χ3n) is 6.42. The molecule has 0 saturated carbocycles. The Morgan fingerprint density at radius 3 is 1.54 bits per heavy atom. The van der Waals surface area contributed by atoms with E-state index in [4.69, 9.17) is 23.3 Å². The van der Waals surface area contributed by atoms with Crippen molar-refractivity contribution in [2.24, 2.45) is 0 Å². The van der Waals surface area contributed by atoms with Crippen molar-refractivity contribution in [2.45, 2.75) is 0 Å². The zero-order valence-corrected chi connectivity index (χ0v) is 20.4. The Bertz CT molecular complexity index is 3580. The number of phenols is 1. The highest BCUT2D eigenvalue weighted by atomic mass is 16.3. The molecule has 0 aliphatic rings. The summed E-state index contributed by atoms with van der Waals surface area (Å²) in [4.78, 5) is 0. The van der Waals surface area contributed by atoms with Crippen LogP contribution in [0.2, 0.25) is 0 Å². The standard InChI is InChI=1S/C40H26O/c41-38-18-8-11-27-20-22-32(25-37(27)38)40-35-16-5-3-14-33(35)39(34-15-4-6-17-36(34)40)31-13-7-12-29(24-31)30-21-19-26-9-1-2-10-28(26)23-30/h1-25,41H/i1D,2D,3D,4D,5D,6D,7D,8D,9D,10D,11D,12D,13D,14D,15D,16D,17D,18D,19D,20D,21D,22D,23D,24D,25D. The molecule has 1 N–H and O–H groups in total. The average molecular weight is 548 g/mol. The predicted molar refractivity (Wildman–Crippen MR) is 174 cm³/mol. The molecule has 0 spiro atoms. The summed E-state index contributed by atoms with van der Waals surface area (Å²) in [7, 11) is 0. The summed E-state index contributed by atoms with van der Waals surface area (Å²) in [6, 6.07) is -23.7. The van der Waals surface area contributed by atoms with Gasteiger partial charge in [0.1, 0.15) is 5.75 Å². The molecule has 0 amide bonds. The van der Waals surface area contributed by atoms with Crippen LogP contribution in [-0.2, 0) is 0 Å². The number of hydrogen-bond donors (Lipinski definition) is 1. The van der Waals surface area contributed by atoms with E-state index in [1.54, 1.807) is 0 Å². The SMILES string of the molecule is [2H]c1c([2H])c(-c2c([2H])c([2H])c3c([2H])c([2H])c([2H])c([2H])c3c2[2H])c([2H])c(-c2c3c([2H])c([2H])c([2H])c([2H])c3c(-c3c([2H])c([2H])c4c([2H])c([2H])c([2H])c(O)c4c3[2H])c3c([2H])c([2H])c([2H])c([2H])c23)c1[2H]. The van der Waals surface area contributed by atoms with Crippen LogP contribution in [0.3, 0.4) is 0 Å². The normalized spacial score (nSPS) is 20.0. The lowest BCUT2D eigenvalue weighted by Crippen LogP contribution is -1.91. The second-order valence-corrected chi connectivity index (χ2v) is 8.72. The Morgan fingerprint density at radius 2 is 0.829 bits per heavy atom. The zero-order valence-electron chi connectivity index (χ0n) is 45.4. The molecule has 0 saturated heterocycles. The summed E-state index contributed by atoms with van der Waals surface area (Å²) < 4.78 is 222. The van der Waals surface area contributed by atoms with Gasteiger partial charge in [0.25, 0.3) is 0 Å². The molecule has 1 nitrogen and oxygen atoms in total. The van der Waals surface area contributed by atoms with Crippen molar-refractivity contribution >= 4 is 43.1 Å². The van der Waals surface area contributed by atoms with Gasteiger partial charge in [0, 0.05) is 5.39 Å². The minimum absolute atomic E-state index is 0.556. The van der Waals surface area contributed by atoms with Gasteiger partial charge in [0.05, 0.1) is 34.3 Å². The van der Waals surface area contributed by atoms with E-state index in [1.807, 2.05) is 0 Å². The molecule has 8 rings (SSSR count). The van der Waals surface area contributed by atoms with Crippen LogP contribution in [0.25, 0.3) is 76.5 Å². The molecule has 0 unspecified atom stereocenters. The van der Waals surface area contributed by atoms with Crippen LogP contribution in [0.4, 0.5) is 0 Å². The third kappa shape index (κ3) is 3.86. The van der Waals surface area contributed by atoms with Crippen molar-refractivity contribution < 1.29 is 39.4 Å². The van der Waals surface area contributed by atoms with Crippen LogP contribution in [0.15, 0.2) is 151 Å². The Labute approximate surface area is 273 Å². The average Bonchev–Trinajstić information content (AvgIpc) is 3.28. The molecule has 0 aliphatic heterocycles. The van der Waals surface area contributed by atoms with Gasteiger partial charge in [-0.2, -0.15) is 0 Å². The second-order valence-electron chi connectivity index (χ2n) is 8.72. The van der Waals surface area contributed by atoms with Gasteiger partial charge in [-0.15, -0.1) is 0 Å². The number of hydrogen-bond acceptors (Lipinski definition) is 1. The third-order valence-corrected chi connectivity index (χ3v) is 6.42. The van der Waals surface area contributed by atoms with Gasteiger partial charge in [-0.1, -0.05) is 127 Å². The fraction of sp³-hybridized carbons (Fsp3) is 0. The first-order valence-electron chi connectivity index (χ1n) is 24.5. The van der Waals surface area contributed by atoms with E-state index in [-0.39, 0.29) is 0 Å². The van der Waals surface area contributed by atoms with Gasteiger partial charge in [-0.3, -0.25) is 0 Å². The first-order chi connectivity index (χ1) is 30.7. The monoisotopic (exact) mass is 547 g/mol. The van der Waals surface area contributed by atoms with Crippen LogP contribution in [0.1, 0.15) is 34.3 Å². The Kier molecular flexibility index (Phi) is 2.13. The van der Waals surface area contributed by atoms with E-state index in [0.717, 1.165) is 0 Å². The smallest absolute Gasteiger partial charge is 0.123 e. The van der Waals surface area contributed by atoms with Crippen molar-refractivity contribution in [3.8, 4) is 39.1 Å². The van der Waals surface area contributed by atoms with Gasteiger partial charge in [-0.05, 0) is 95.3 Å². The quantitative estimate of drug-likeness (QED) is 0.218. The van der Waals surface area contributed by atoms with E-state index in [9.17, 15) is 16.1 Å². The van der Waals surface area contributed by atoms with Crippen LogP contribution in [0.5, 0.6) is 5.75 Å². The molecule has 0 aliphatic carbocycles. The Balaban J connectivity index is 1.71. The van der Waals surface area contributed by atoms with Crippen molar-refractivity contribution in [3.63, 3.8) is 0 Å². The maximum Gasteiger partial charge on any atom is 0.123 e. The lowest BCUT2D eigenvalue weighted by molar-refractivity contribution is 0.481. The van der Waals surface area contributed by atoms with Crippen molar-refractivity contribution in [1.29, 1.82) is 0 Å². The van der Waals surface area contributed by atoms with Crippen molar-refractivity contribution in [2.75, 3.05) is 0 Å². The summed E-state index contributed by atoms with van der Waals surface area (Å²) in [5.74, 6) is -1.09. The number of fused-ring (bicyclic) bond motifs is 4. The van der Waals surface area contributed by atoms with E-state index >= 15 is 0 Å². The van der Waals surface area contributed by atoms with Crippen molar-refractivity contribution in [1.82, 2.24) is 0 Å². The molecule has 8 aromatic carbocycles. The van der Waals surface area contributed by atoms with E-state index in [1.165, 1.54) is 0 Å². The summed E-state index contributed by atoms with van der Waals surface area (Å²) in [6.45, 7) is 0. The maximum absolute atomic E-state index is 11.2. The lowest BCUT2D eigenvalue weighted by Gasteiger charge is -2.18. The number of rotatable bonds is 3. The first-order valence-corrected chi connectivity index (χ1v) is 12.0. The fourth-order valence-electron chi connectivity index (χ4n) is 4.64. The molecule has 8 aromatic rings. The minimum Gasteiger partial charge on any atom is -0.507 e. The molecule has 1 heteroatoms.